The van der Waals surface area contributed by atoms with Gasteiger partial charge in [0.05, 0.1) is 6.20 Å². The third kappa shape index (κ3) is 5.14. The van der Waals surface area contributed by atoms with Crippen molar-refractivity contribution >= 4 is 17.7 Å². The second-order valence-electron chi connectivity index (χ2n) is 10.2. The number of amides is 1. The van der Waals surface area contributed by atoms with Crippen LogP contribution in [0.4, 0.5) is 37.1 Å². The third-order valence-electron chi connectivity index (χ3n) is 7.10. The largest absolute Gasteiger partial charge is 0.443 e. The van der Waals surface area contributed by atoms with Crippen LogP contribution in [0.5, 0.6) is 6.01 Å². The van der Waals surface area contributed by atoms with E-state index in [4.69, 9.17) is 4.74 Å². The summed E-state index contributed by atoms with van der Waals surface area (Å²) in [6, 6.07) is -1.59. The number of alkyl halides is 6. The van der Waals surface area contributed by atoms with Gasteiger partial charge in [-0.1, -0.05) is 13.8 Å². The molecule has 3 fully saturated rings. The molecule has 10 nitrogen and oxygen atoms in total. The highest BCUT2D eigenvalue weighted by Gasteiger charge is 2.59. The van der Waals surface area contributed by atoms with Crippen LogP contribution < -0.4 is 15.4 Å². The Bertz CT molecular complexity index is 1150. The second-order valence-corrected chi connectivity index (χ2v) is 10.2. The summed E-state index contributed by atoms with van der Waals surface area (Å²) in [4.78, 5) is 22.1. The molecule has 1 amide bonds. The van der Waals surface area contributed by atoms with Crippen LogP contribution >= 0.6 is 0 Å². The minimum absolute atomic E-state index is 0.0358. The highest BCUT2D eigenvalue weighted by Crippen LogP contribution is 2.39. The van der Waals surface area contributed by atoms with Gasteiger partial charge in [-0.2, -0.15) is 45.9 Å². The number of rotatable bonds is 6. The number of aromatic nitrogens is 4. The molecular formula is C22H27F6N7O3. The van der Waals surface area contributed by atoms with Crippen molar-refractivity contribution in [3.05, 3.63) is 11.8 Å². The first-order valence-electron chi connectivity index (χ1n) is 12.3. The zero-order chi connectivity index (χ0) is 27.4. The molecule has 2 atom stereocenters. The molecular weight excluding hydrogens is 524 g/mol. The van der Waals surface area contributed by atoms with Crippen molar-refractivity contribution in [3.63, 3.8) is 0 Å². The van der Waals surface area contributed by atoms with Crippen molar-refractivity contribution in [3.8, 4) is 6.01 Å². The third-order valence-corrected chi connectivity index (χ3v) is 7.10. The van der Waals surface area contributed by atoms with E-state index in [1.807, 2.05) is 0 Å². The number of hydrogen-bond acceptors (Lipinski definition) is 8. The number of ether oxygens (including phenoxy) is 2. The Morgan fingerprint density at radius 2 is 1.71 bits per heavy atom. The van der Waals surface area contributed by atoms with E-state index in [1.165, 1.54) is 10.7 Å². The lowest BCUT2D eigenvalue weighted by Gasteiger charge is -2.40. The zero-order valence-electron chi connectivity index (χ0n) is 20.5. The highest BCUT2D eigenvalue weighted by atomic mass is 19.4. The van der Waals surface area contributed by atoms with Crippen LogP contribution in [-0.4, -0.2) is 86.4 Å². The van der Waals surface area contributed by atoms with E-state index < -0.39 is 24.5 Å². The van der Waals surface area contributed by atoms with Crippen molar-refractivity contribution in [2.45, 2.75) is 88.1 Å². The van der Waals surface area contributed by atoms with E-state index in [2.05, 4.69) is 30.4 Å². The van der Waals surface area contributed by atoms with Gasteiger partial charge in [0.2, 0.25) is 5.95 Å². The molecule has 16 heteroatoms. The second kappa shape index (κ2) is 9.61. The molecule has 0 saturated carbocycles. The fourth-order valence-electron chi connectivity index (χ4n) is 5.18. The number of nitrogens with one attached hydrogen (secondary N) is 2. The Morgan fingerprint density at radius 1 is 1.08 bits per heavy atom. The van der Waals surface area contributed by atoms with Crippen molar-refractivity contribution in [2.75, 3.05) is 18.4 Å². The van der Waals surface area contributed by atoms with Gasteiger partial charge in [-0.05, 0) is 31.6 Å². The van der Waals surface area contributed by atoms with Gasteiger partial charge in [-0.15, -0.1) is 0 Å². The van der Waals surface area contributed by atoms with Gasteiger partial charge < -0.3 is 25.0 Å². The van der Waals surface area contributed by atoms with E-state index in [0.29, 0.717) is 31.5 Å². The van der Waals surface area contributed by atoms with Gasteiger partial charge in [0.15, 0.2) is 5.65 Å². The normalized spacial score (nSPS) is 24.3. The Morgan fingerprint density at radius 3 is 2.24 bits per heavy atom. The van der Waals surface area contributed by atoms with Gasteiger partial charge in [0.1, 0.15) is 6.10 Å². The molecule has 5 heterocycles. The predicted molar refractivity (Wildman–Crippen MR) is 120 cm³/mol. The summed E-state index contributed by atoms with van der Waals surface area (Å²) < 4.78 is 90.0. The van der Waals surface area contributed by atoms with Crippen molar-refractivity contribution in [1.29, 1.82) is 0 Å². The summed E-state index contributed by atoms with van der Waals surface area (Å²) in [5, 5.41) is 10.4. The topological polar surface area (TPSA) is 106 Å². The van der Waals surface area contributed by atoms with Crippen molar-refractivity contribution < 1.29 is 40.6 Å². The minimum Gasteiger partial charge on any atom is -0.443 e. The number of carbonyl (C=O) groups is 1. The molecule has 3 aliphatic rings. The quantitative estimate of drug-likeness (QED) is 0.525. The lowest BCUT2D eigenvalue weighted by Crippen LogP contribution is -2.55. The monoisotopic (exact) mass is 551 g/mol. The van der Waals surface area contributed by atoms with Gasteiger partial charge in [-0.3, -0.25) is 0 Å². The molecule has 3 aliphatic heterocycles. The van der Waals surface area contributed by atoms with Crippen LogP contribution in [0.25, 0.3) is 5.65 Å². The number of fused-ring (bicyclic) bond motifs is 3. The van der Waals surface area contributed by atoms with Crippen LogP contribution in [0, 0.1) is 0 Å². The molecule has 2 bridgehead atoms. The van der Waals surface area contributed by atoms with Gasteiger partial charge in [0, 0.05) is 36.8 Å². The van der Waals surface area contributed by atoms with Crippen molar-refractivity contribution in [1.82, 2.24) is 29.8 Å². The number of halogens is 6. The predicted octanol–water partition coefficient (Wildman–Crippen LogP) is 3.64. The number of nitrogens with zero attached hydrogens (tertiary/aromatic N) is 5. The molecule has 210 valence electrons. The van der Waals surface area contributed by atoms with E-state index >= 15 is 0 Å². The average Bonchev–Trinajstić information content (AvgIpc) is 3.32. The summed E-state index contributed by atoms with van der Waals surface area (Å²) in [7, 11) is 0. The van der Waals surface area contributed by atoms with Crippen LogP contribution in [0.15, 0.2) is 6.20 Å². The molecule has 3 saturated heterocycles. The molecule has 2 aromatic rings. The SMILES string of the molecule is CC(C)c1cnn2c(NC3CC4CCC(C3)N4C(=O)OC3CNC3)nc(OC(C(F)(F)F)C(F)(F)F)nc12. The first kappa shape index (κ1) is 26.6. The van der Waals surface area contributed by atoms with Crippen LogP contribution in [0.3, 0.4) is 0 Å². The molecule has 38 heavy (non-hydrogen) atoms. The van der Waals surface area contributed by atoms with E-state index in [0.717, 1.165) is 12.8 Å². The Balaban J connectivity index is 1.40. The van der Waals surface area contributed by atoms with Gasteiger partial charge in [0.25, 0.3) is 6.10 Å². The van der Waals surface area contributed by atoms with Crippen LogP contribution in [0.2, 0.25) is 0 Å². The molecule has 0 spiro atoms. The van der Waals surface area contributed by atoms with E-state index in [-0.39, 0.29) is 47.8 Å². The number of hydrogen-bond donors (Lipinski definition) is 2. The summed E-state index contributed by atoms with van der Waals surface area (Å²) in [6.45, 7) is 4.79. The highest BCUT2D eigenvalue weighted by molar-refractivity contribution is 5.69. The fraction of sp³-hybridized carbons (Fsp3) is 0.727. The number of carbonyl (C=O) groups excluding carboxylic acids is 1. The first-order valence-corrected chi connectivity index (χ1v) is 12.3. The zero-order valence-corrected chi connectivity index (χ0v) is 20.5. The molecule has 0 aromatic carbocycles. The number of anilines is 1. The summed E-state index contributed by atoms with van der Waals surface area (Å²) in [6.07, 6.45) is -12.1. The molecule has 5 rings (SSSR count). The van der Waals surface area contributed by atoms with Gasteiger partial charge in [-0.25, -0.2) is 4.79 Å². The summed E-state index contributed by atoms with van der Waals surface area (Å²) in [5.41, 5.74) is 0.535. The van der Waals surface area contributed by atoms with E-state index in [1.54, 1.807) is 18.7 Å². The standard InChI is InChI=1S/C22H27F6N7O3/c1-10(2)15-9-30-35-16(15)32-19(38-17(21(23,24)25)22(26,27)28)33-18(35)31-11-5-12-3-4-13(6-11)34(12)20(36)37-14-7-29-8-14/h9-14,17,29H,3-8H2,1-2H3,(H,31,32,33). The molecule has 2 unspecified atom stereocenters. The lowest BCUT2D eigenvalue weighted by molar-refractivity contribution is -0.301. The maximum atomic E-state index is 13.2. The Labute approximate surface area is 213 Å². The van der Waals surface area contributed by atoms with Gasteiger partial charge >= 0.3 is 24.5 Å². The Kier molecular flexibility index (Phi) is 6.72. The minimum atomic E-state index is -5.72. The molecule has 2 aromatic heterocycles. The Hall–Kier alpha value is -3.04. The smallest absolute Gasteiger partial charge is 0.434 e. The van der Waals surface area contributed by atoms with Crippen LogP contribution in [-0.2, 0) is 4.74 Å². The average molecular weight is 551 g/mol. The summed E-state index contributed by atoms with van der Waals surface area (Å²) >= 11 is 0. The fourth-order valence-corrected chi connectivity index (χ4v) is 5.18. The maximum Gasteiger partial charge on any atom is 0.434 e. The summed E-state index contributed by atoms with van der Waals surface area (Å²) in [5.74, 6) is -0.277. The molecule has 0 radical (unpaired) electrons. The van der Waals surface area contributed by atoms with E-state index in [9.17, 15) is 31.1 Å². The lowest BCUT2D eigenvalue weighted by atomic mass is 9.98. The number of piperidine rings is 1. The van der Waals surface area contributed by atoms with Crippen LogP contribution in [0.1, 0.15) is 51.0 Å². The van der Waals surface area contributed by atoms with Crippen molar-refractivity contribution in [2.24, 2.45) is 0 Å². The first-order chi connectivity index (χ1) is 17.8. The molecule has 2 N–H and O–H groups in total. The molecule has 0 aliphatic carbocycles. The maximum absolute atomic E-state index is 13.2.